The summed E-state index contributed by atoms with van der Waals surface area (Å²) in [4.78, 5) is 0. The molecule has 14 heavy (non-hydrogen) atoms. The third kappa shape index (κ3) is 3.79. The standard InChI is InChI=1S/C10H19N3O/c1-3-4-9(2)14-6-5-13-8-10(11)7-12-13/h7-9H,3-6,11H2,1-2H3. The first kappa shape index (κ1) is 11.0. The molecule has 2 N–H and O–H groups in total. The first-order valence-electron chi connectivity index (χ1n) is 5.12. The van der Waals surface area contributed by atoms with E-state index in [1.807, 2.05) is 6.20 Å². The fraction of sp³-hybridized carbons (Fsp3) is 0.700. The van der Waals surface area contributed by atoms with Crippen molar-refractivity contribution in [3.8, 4) is 0 Å². The number of anilines is 1. The second-order valence-corrected chi connectivity index (χ2v) is 3.51. The number of nitrogens with two attached hydrogens (primary N) is 1. The zero-order valence-corrected chi connectivity index (χ0v) is 8.94. The van der Waals surface area contributed by atoms with Crippen molar-refractivity contribution in [1.82, 2.24) is 9.78 Å². The van der Waals surface area contributed by atoms with Crippen LogP contribution in [-0.2, 0) is 11.3 Å². The average molecular weight is 197 g/mol. The third-order valence-corrected chi connectivity index (χ3v) is 2.07. The van der Waals surface area contributed by atoms with Crippen molar-refractivity contribution in [2.75, 3.05) is 12.3 Å². The van der Waals surface area contributed by atoms with E-state index in [1.165, 1.54) is 0 Å². The molecule has 4 nitrogen and oxygen atoms in total. The summed E-state index contributed by atoms with van der Waals surface area (Å²) in [5, 5.41) is 4.07. The summed E-state index contributed by atoms with van der Waals surface area (Å²) in [7, 11) is 0. The molecule has 0 fully saturated rings. The van der Waals surface area contributed by atoms with Crippen molar-refractivity contribution in [1.29, 1.82) is 0 Å². The first-order valence-corrected chi connectivity index (χ1v) is 5.12. The molecular formula is C10H19N3O. The monoisotopic (exact) mass is 197 g/mol. The van der Waals surface area contributed by atoms with Gasteiger partial charge in [-0.25, -0.2) is 0 Å². The van der Waals surface area contributed by atoms with Gasteiger partial charge in [-0.1, -0.05) is 13.3 Å². The zero-order valence-electron chi connectivity index (χ0n) is 8.94. The maximum Gasteiger partial charge on any atom is 0.0719 e. The van der Waals surface area contributed by atoms with Crippen LogP contribution in [0, 0.1) is 0 Å². The highest BCUT2D eigenvalue weighted by molar-refractivity contribution is 5.30. The second-order valence-electron chi connectivity index (χ2n) is 3.51. The predicted molar refractivity (Wildman–Crippen MR) is 57.0 cm³/mol. The van der Waals surface area contributed by atoms with Crippen LogP contribution in [0.4, 0.5) is 5.69 Å². The maximum atomic E-state index is 5.59. The Bertz CT molecular complexity index is 260. The van der Waals surface area contributed by atoms with E-state index in [0.29, 0.717) is 18.4 Å². The van der Waals surface area contributed by atoms with Crippen LogP contribution in [0.1, 0.15) is 26.7 Å². The van der Waals surface area contributed by atoms with Gasteiger partial charge >= 0.3 is 0 Å². The molecule has 1 rings (SSSR count). The van der Waals surface area contributed by atoms with Gasteiger partial charge in [-0.3, -0.25) is 4.68 Å². The smallest absolute Gasteiger partial charge is 0.0719 e. The lowest BCUT2D eigenvalue weighted by molar-refractivity contribution is 0.0529. The highest BCUT2D eigenvalue weighted by atomic mass is 16.5. The number of rotatable bonds is 6. The molecule has 0 saturated heterocycles. The summed E-state index contributed by atoms with van der Waals surface area (Å²) < 4.78 is 7.39. The van der Waals surface area contributed by atoms with Crippen LogP contribution >= 0.6 is 0 Å². The first-order chi connectivity index (χ1) is 6.72. The molecule has 0 bridgehead atoms. The molecule has 0 aliphatic heterocycles. The Kier molecular flexibility index (Phi) is 4.46. The summed E-state index contributed by atoms with van der Waals surface area (Å²) in [6.45, 7) is 5.72. The van der Waals surface area contributed by atoms with Gasteiger partial charge in [0.1, 0.15) is 0 Å². The lowest BCUT2D eigenvalue weighted by Gasteiger charge is -2.11. The summed E-state index contributed by atoms with van der Waals surface area (Å²) >= 11 is 0. The Hall–Kier alpha value is -1.03. The molecule has 0 aliphatic carbocycles. The minimum Gasteiger partial charge on any atom is -0.396 e. The van der Waals surface area contributed by atoms with Gasteiger partial charge < -0.3 is 10.5 Å². The van der Waals surface area contributed by atoms with Crippen LogP contribution in [0.5, 0.6) is 0 Å². The fourth-order valence-corrected chi connectivity index (χ4v) is 1.34. The fourth-order valence-electron chi connectivity index (χ4n) is 1.34. The highest BCUT2D eigenvalue weighted by Gasteiger charge is 2.00. The van der Waals surface area contributed by atoms with Gasteiger partial charge in [0.05, 0.1) is 31.1 Å². The Morgan fingerprint density at radius 1 is 1.64 bits per heavy atom. The lowest BCUT2D eigenvalue weighted by atomic mass is 10.2. The van der Waals surface area contributed by atoms with Gasteiger partial charge in [0.25, 0.3) is 0 Å². The highest BCUT2D eigenvalue weighted by Crippen LogP contribution is 2.02. The average Bonchev–Trinajstić information content (AvgIpc) is 2.52. The van der Waals surface area contributed by atoms with E-state index in [1.54, 1.807) is 10.9 Å². The van der Waals surface area contributed by atoms with E-state index in [9.17, 15) is 0 Å². The van der Waals surface area contributed by atoms with Crippen molar-refractivity contribution in [3.05, 3.63) is 12.4 Å². The van der Waals surface area contributed by atoms with Crippen LogP contribution in [0.25, 0.3) is 0 Å². The minimum absolute atomic E-state index is 0.341. The SMILES string of the molecule is CCCC(C)OCCn1cc(N)cn1. The predicted octanol–water partition coefficient (Wildman–Crippen LogP) is 1.67. The van der Waals surface area contributed by atoms with Crippen molar-refractivity contribution >= 4 is 5.69 Å². The van der Waals surface area contributed by atoms with Gasteiger partial charge in [0.15, 0.2) is 0 Å². The van der Waals surface area contributed by atoms with Crippen molar-refractivity contribution in [2.24, 2.45) is 0 Å². The summed E-state index contributed by atoms with van der Waals surface area (Å²) in [6, 6.07) is 0. The van der Waals surface area contributed by atoms with Crippen LogP contribution in [0.2, 0.25) is 0 Å². The summed E-state index contributed by atoms with van der Waals surface area (Å²) in [5.74, 6) is 0. The molecule has 1 atom stereocenters. The van der Waals surface area contributed by atoms with Gasteiger partial charge in [0.2, 0.25) is 0 Å². The third-order valence-electron chi connectivity index (χ3n) is 2.07. The number of nitrogen functional groups attached to an aromatic ring is 1. The minimum atomic E-state index is 0.341. The van der Waals surface area contributed by atoms with Crippen molar-refractivity contribution < 1.29 is 4.74 Å². The molecule has 1 heterocycles. The van der Waals surface area contributed by atoms with E-state index in [-0.39, 0.29) is 0 Å². The quantitative estimate of drug-likeness (QED) is 0.754. The number of nitrogens with zero attached hydrogens (tertiary/aromatic N) is 2. The number of aromatic nitrogens is 2. The van der Waals surface area contributed by atoms with Gasteiger partial charge in [-0.15, -0.1) is 0 Å². The zero-order chi connectivity index (χ0) is 10.4. The Morgan fingerprint density at radius 2 is 2.43 bits per heavy atom. The summed E-state index contributed by atoms with van der Waals surface area (Å²) in [6.07, 6.45) is 6.08. The van der Waals surface area contributed by atoms with Crippen molar-refractivity contribution in [3.63, 3.8) is 0 Å². The van der Waals surface area contributed by atoms with E-state index in [4.69, 9.17) is 10.5 Å². The lowest BCUT2D eigenvalue weighted by Crippen LogP contribution is -2.13. The van der Waals surface area contributed by atoms with Crippen molar-refractivity contribution in [2.45, 2.75) is 39.3 Å². The van der Waals surface area contributed by atoms with E-state index in [0.717, 1.165) is 19.4 Å². The summed E-state index contributed by atoms with van der Waals surface area (Å²) in [5.41, 5.74) is 6.23. The van der Waals surface area contributed by atoms with Gasteiger partial charge in [-0.05, 0) is 13.3 Å². The topological polar surface area (TPSA) is 53.1 Å². The molecule has 80 valence electrons. The normalized spacial score (nSPS) is 13.0. The van der Waals surface area contributed by atoms with E-state index in [2.05, 4.69) is 18.9 Å². The molecule has 0 saturated carbocycles. The van der Waals surface area contributed by atoms with Crippen LogP contribution in [0.3, 0.4) is 0 Å². The molecule has 0 aliphatic rings. The second kappa shape index (κ2) is 5.65. The largest absolute Gasteiger partial charge is 0.396 e. The number of ether oxygens (including phenoxy) is 1. The van der Waals surface area contributed by atoms with Crippen LogP contribution in [0.15, 0.2) is 12.4 Å². The molecule has 1 aromatic rings. The molecule has 0 spiro atoms. The van der Waals surface area contributed by atoms with Gasteiger partial charge in [-0.2, -0.15) is 5.10 Å². The number of hydrogen-bond acceptors (Lipinski definition) is 3. The Balaban J connectivity index is 2.15. The Morgan fingerprint density at radius 3 is 3.00 bits per heavy atom. The van der Waals surface area contributed by atoms with Crippen LogP contribution < -0.4 is 5.73 Å². The van der Waals surface area contributed by atoms with Crippen LogP contribution in [-0.4, -0.2) is 22.5 Å². The molecular weight excluding hydrogens is 178 g/mol. The molecule has 0 aromatic carbocycles. The Labute approximate surface area is 85.0 Å². The molecule has 0 amide bonds. The molecule has 0 radical (unpaired) electrons. The number of hydrogen-bond donors (Lipinski definition) is 1. The van der Waals surface area contributed by atoms with E-state index < -0.39 is 0 Å². The molecule has 4 heteroatoms. The van der Waals surface area contributed by atoms with E-state index >= 15 is 0 Å². The maximum absolute atomic E-state index is 5.59. The molecule has 1 unspecified atom stereocenters. The van der Waals surface area contributed by atoms with Gasteiger partial charge in [0, 0.05) is 6.20 Å². The molecule has 1 aromatic heterocycles.